The van der Waals surface area contributed by atoms with E-state index < -0.39 is 5.90 Å². The van der Waals surface area contributed by atoms with Gasteiger partial charge in [-0.25, -0.2) is 9.98 Å². The first-order chi connectivity index (χ1) is 11.3. The molecule has 0 atom stereocenters. The van der Waals surface area contributed by atoms with Crippen molar-refractivity contribution in [1.29, 1.82) is 5.26 Å². The summed E-state index contributed by atoms with van der Waals surface area (Å²) in [5.41, 5.74) is 1.66. The van der Waals surface area contributed by atoms with Gasteiger partial charge in [0.25, 0.3) is 0 Å². The highest BCUT2D eigenvalue weighted by Crippen LogP contribution is 2.20. The molecule has 23 heavy (non-hydrogen) atoms. The standard InChI is InChI=1S/C18H14N4O/c19-11-16-17(21-18(23)15-9-5-2-6-10-15)22(13-20-16)12-14-7-3-1-4-8-14/h1-10,13H,12H2,(H,21,23)/p-1. The van der Waals surface area contributed by atoms with Gasteiger partial charge < -0.3 is 9.67 Å². The second-order valence-corrected chi connectivity index (χ2v) is 4.93. The van der Waals surface area contributed by atoms with Gasteiger partial charge in [-0.15, -0.1) is 0 Å². The maximum atomic E-state index is 12.3. The lowest BCUT2D eigenvalue weighted by Crippen LogP contribution is -2.18. The van der Waals surface area contributed by atoms with E-state index in [2.05, 4.69) is 9.98 Å². The van der Waals surface area contributed by atoms with Crippen LogP contribution in [0, 0.1) is 11.3 Å². The van der Waals surface area contributed by atoms with Crippen LogP contribution in [0.2, 0.25) is 0 Å². The molecule has 3 rings (SSSR count). The zero-order chi connectivity index (χ0) is 16.1. The maximum absolute atomic E-state index is 12.3. The number of imidazole rings is 1. The SMILES string of the molecule is N#Cc1ncn(Cc2ccccc2)c1/N=C(/[O-])c1ccccc1. The molecule has 0 aliphatic carbocycles. The van der Waals surface area contributed by atoms with Crippen LogP contribution in [0.1, 0.15) is 16.8 Å². The van der Waals surface area contributed by atoms with E-state index in [4.69, 9.17) is 0 Å². The summed E-state index contributed by atoms with van der Waals surface area (Å²) in [6, 6.07) is 20.5. The first kappa shape index (κ1) is 14.5. The summed E-state index contributed by atoms with van der Waals surface area (Å²) >= 11 is 0. The van der Waals surface area contributed by atoms with Crippen LogP contribution >= 0.6 is 0 Å². The summed E-state index contributed by atoms with van der Waals surface area (Å²) in [4.78, 5) is 8.13. The molecule has 0 N–H and O–H groups in total. The van der Waals surface area contributed by atoms with Gasteiger partial charge in [-0.05, 0) is 17.0 Å². The Balaban J connectivity index is 1.98. The Bertz CT molecular complexity index is 861. The Morgan fingerprint density at radius 1 is 1.09 bits per heavy atom. The molecule has 2 aromatic carbocycles. The van der Waals surface area contributed by atoms with E-state index in [-0.39, 0.29) is 11.5 Å². The van der Waals surface area contributed by atoms with Gasteiger partial charge in [0.15, 0.2) is 11.5 Å². The fourth-order valence-corrected chi connectivity index (χ4v) is 2.21. The van der Waals surface area contributed by atoms with Crippen LogP contribution in [0.5, 0.6) is 0 Å². The van der Waals surface area contributed by atoms with Crippen LogP contribution in [-0.2, 0) is 6.54 Å². The normalized spacial score (nSPS) is 11.2. The van der Waals surface area contributed by atoms with Crippen LogP contribution in [-0.4, -0.2) is 15.4 Å². The summed E-state index contributed by atoms with van der Waals surface area (Å²) in [5.74, 6) is -0.109. The zero-order valence-electron chi connectivity index (χ0n) is 12.3. The maximum Gasteiger partial charge on any atom is 0.185 e. The van der Waals surface area contributed by atoms with Crippen LogP contribution < -0.4 is 5.11 Å². The van der Waals surface area contributed by atoms with Crippen molar-refractivity contribution in [3.05, 3.63) is 83.8 Å². The Morgan fingerprint density at radius 2 is 1.74 bits per heavy atom. The number of rotatable bonds is 4. The molecule has 0 spiro atoms. The average Bonchev–Trinajstić information content (AvgIpc) is 2.98. The molecule has 0 amide bonds. The van der Waals surface area contributed by atoms with Gasteiger partial charge in [-0.2, -0.15) is 5.26 Å². The van der Waals surface area contributed by atoms with Crippen molar-refractivity contribution in [2.24, 2.45) is 4.99 Å². The Labute approximate surface area is 133 Å². The van der Waals surface area contributed by atoms with Crippen LogP contribution in [0.25, 0.3) is 0 Å². The molecule has 0 saturated carbocycles. The number of benzene rings is 2. The largest absolute Gasteiger partial charge is 0.858 e. The Morgan fingerprint density at radius 3 is 2.39 bits per heavy atom. The van der Waals surface area contributed by atoms with E-state index in [9.17, 15) is 10.4 Å². The lowest BCUT2D eigenvalue weighted by Gasteiger charge is -2.12. The molecule has 5 nitrogen and oxygen atoms in total. The molecular formula is C18H13N4O-. The van der Waals surface area contributed by atoms with Crippen LogP contribution in [0.3, 0.4) is 0 Å². The van der Waals surface area contributed by atoms with Gasteiger partial charge in [0.05, 0.1) is 12.9 Å². The highest BCUT2D eigenvalue weighted by molar-refractivity contribution is 5.92. The molecule has 1 heterocycles. The van der Waals surface area contributed by atoms with E-state index in [0.29, 0.717) is 12.1 Å². The lowest BCUT2D eigenvalue weighted by atomic mass is 10.2. The molecule has 5 heteroatoms. The number of hydrogen-bond donors (Lipinski definition) is 0. The minimum absolute atomic E-state index is 0.144. The lowest BCUT2D eigenvalue weighted by molar-refractivity contribution is -0.212. The van der Waals surface area contributed by atoms with Crippen molar-refractivity contribution in [2.45, 2.75) is 6.54 Å². The molecule has 0 bridgehead atoms. The van der Waals surface area contributed by atoms with E-state index in [1.807, 2.05) is 42.5 Å². The third-order valence-electron chi connectivity index (χ3n) is 3.34. The molecule has 0 saturated heterocycles. The number of nitriles is 1. The number of aliphatic imine (C=N–C) groups is 1. The Hall–Kier alpha value is -3.39. The minimum atomic E-state index is -0.392. The first-order valence-corrected chi connectivity index (χ1v) is 7.08. The predicted molar refractivity (Wildman–Crippen MR) is 85.1 cm³/mol. The Kier molecular flexibility index (Phi) is 4.16. The molecule has 0 unspecified atom stereocenters. The minimum Gasteiger partial charge on any atom is -0.858 e. The molecular weight excluding hydrogens is 288 g/mol. The van der Waals surface area contributed by atoms with Crippen molar-refractivity contribution in [3.8, 4) is 6.07 Å². The summed E-state index contributed by atoms with van der Waals surface area (Å²) in [6.07, 6.45) is 1.53. The number of aromatic nitrogens is 2. The third-order valence-corrected chi connectivity index (χ3v) is 3.34. The monoisotopic (exact) mass is 301 g/mol. The van der Waals surface area contributed by atoms with E-state index in [1.165, 1.54) is 6.33 Å². The molecule has 3 aromatic rings. The number of nitrogens with zero attached hydrogens (tertiary/aromatic N) is 4. The molecule has 0 aliphatic rings. The predicted octanol–water partition coefficient (Wildman–Crippen LogP) is 2.24. The molecule has 1 aromatic heterocycles. The van der Waals surface area contributed by atoms with Crippen molar-refractivity contribution in [2.75, 3.05) is 0 Å². The molecule has 0 fully saturated rings. The van der Waals surface area contributed by atoms with E-state index >= 15 is 0 Å². The van der Waals surface area contributed by atoms with Gasteiger partial charge in [0.2, 0.25) is 0 Å². The molecule has 0 aliphatic heterocycles. The second-order valence-electron chi connectivity index (χ2n) is 4.93. The van der Waals surface area contributed by atoms with E-state index in [0.717, 1.165) is 5.56 Å². The second kappa shape index (κ2) is 6.58. The van der Waals surface area contributed by atoms with Gasteiger partial charge in [0, 0.05) is 0 Å². The quantitative estimate of drug-likeness (QED) is 0.547. The van der Waals surface area contributed by atoms with E-state index in [1.54, 1.807) is 28.8 Å². The zero-order valence-corrected chi connectivity index (χ0v) is 12.3. The van der Waals surface area contributed by atoms with Gasteiger partial charge in [-0.3, -0.25) is 0 Å². The number of hydrogen-bond acceptors (Lipinski definition) is 4. The van der Waals surface area contributed by atoms with Crippen molar-refractivity contribution in [3.63, 3.8) is 0 Å². The molecule has 0 radical (unpaired) electrons. The first-order valence-electron chi connectivity index (χ1n) is 7.08. The van der Waals surface area contributed by atoms with Crippen molar-refractivity contribution < 1.29 is 5.11 Å². The fraction of sp³-hybridized carbons (Fsp3) is 0.0556. The summed E-state index contributed by atoms with van der Waals surface area (Å²) in [7, 11) is 0. The van der Waals surface area contributed by atoms with Gasteiger partial charge in [-0.1, -0.05) is 60.7 Å². The highest BCUT2D eigenvalue weighted by atomic mass is 16.3. The van der Waals surface area contributed by atoms with Crippen LogP contribution in [0.15, 0.2) is 72.0 Å². The summed E-state index contributed by atoms with van der Waals surface area (Å²) in [5, 5.41) is 21.5. The van der Waals surface area contributed by atoms with Crippen LogP contribution in [0.4, 0.5) is 5.82 Å². The van der Waals surface area contributed by atoms with Crippen molar-refractivity contribution in [1.82, 2.24) is 9.55 Å². The van der Waals surface area contributed by atoms with Crippen molar-refractivity contribution >= 4 is 11.7 Å². The third kappa shape index (κ3) is 3.27. The smallest absolute Gasteiger partial charge is 0.185 e. The topological polar surface area (TPSA) is 77.0 Å². The summed E-state index contributed by atoms with van der Waals surface area (Å²) < 4.78 is 1.70. The van der Waals surface area contributed by atoms with Gasteiger partial charge >= 0.3 is 0 Å². The highest BCUT2D eigenvalue weighted by Gasteiger charge is 2.10. The fourth-order valence-electron chi connectivity index (χ4n) is 2.21. The summed E-state index contributed by atoms with van der Waals surface area (Å²) in [6.45, 7) is 0.496. The molecule has 112 valence electrons. The average molecular weight is 301 g/mol. The van der Waals surface area contributed by atoms with Gasteiger partial charge in [0.1, 0.15) is 6.07 Å².